The molecule has 9 heteroatoms. The van der Waals surface area contributed by atoms with Crippen molar-refractivity contribution >= 4 is 19.9 Å². The van der Waals surface area contributed by atoms with Gasteiger partial charge in [-0.2, -0.15) is 0 Å². The molecule has 2 heterocycles. The lowest BCUT2D eigenvalue weighted by atomic mass is 10.2. The first-order valence-electron chi connectivity index (χ1n) is 8.05. The van der Waals surface area contributed by atoms with Crippen molar-refractivity contribution in [3.05, 3.63) is 66.6 Å². The van der Waals surface area contributed by atoms with Crippen molar-refractivity contribution in [1.82, 2.24) is 14.3 Å². The molecule has 0 amide bonds. The smallest absolute Gasteiger partial charge is 0.268 e. The molecule has 2 aromatic heterocycles. The third kappa shape index (κ3) is 3.95. The van der Waals surface area contributed by atoms with Crippen molar-refractivity contribution in [3.8, 4) is 11.3 Å². The maximum absolute atomic E-state index is 13.3. The maximum atomic E-state index is 13.3. The number of benzene rings is 1. The Hall–Kier alpha value is -2.49. The average molecular weight is 406 g/mol. The Labute approximate surface area is 158 Å². The number of nitrogens with one attached hydrogen (secondary N) is 1. The van der Waals surface area contributed by atoms with Gasteiger partial charge in [-0.05, 0) is 49.0 Å². The van der Waals surface area contributed by atoms with Gasteiger partial charge in [0.05, 0.1) is 15.5 Å². The predicted molar refractivity (Wildman–Crippen MR) is 103 cm³/mol. The van der Waals surface area contributed by atoms with Gasteiger partial charge in [-0.15, -0.1) is 0 Å². The van der Waals surface area contributed by atoms with Crippen molar-refractivity contribution in [2.75, 3.05) is 13.3 Å². The zero-order valence-corrected chi connectivity index (χ0v) is 16.5. The molecule has 142 valence electrons. The second-order valence-electron chi connectivity index (χ2n) is 6.05. The number of pyridine rings is 1. The fourth-order valence-corrected chi connectivity index (χ4v) is 4.89. The van der Waals surface area contributed by atoms with E-state index in [1.807, 2.05) is 0 Å². The van der Waals surface area contributed by atoms with Crippen LogP contribution in [0.5, 0.6) is 0 Å². The van der Waals surface area contributed by atoms with Crippen LogP contribution in [-0.4, -0.2) is 39.1 Å². The van der Waals surface area contributed by atoms with Gasteiger partial charge in [-0.3, -0.25) is 4.98 Å². The summed E-state index contributed by atoms with van der Waals surface area (Å²) in [7, 11) is -5.76. The van der Waals surface area contributed by atoms with Gasteiger partial charge in [0, 0.05) is 37.0 Å². The van der Waals surface area contributed by atoms with Crippen LogP contribution >= 0.6 is 0 Å². The van der Waals surface area contributed by atoms with Crippen molar-refractivity contribution in [2.24, 2.45) is 0 Å². The van der Waals surface area contributed by atoms with Crippen LogP contribution in [0.2, 0.25) is 0 Å². The van der Waals surface area contributed by atoms with Crippen LogP contribution < -0.4 is 5.32 Å². The van der Waals surface area contributed by atoms with E-state index in [9.17, 15) is 16.8 Å². The molecule has 1 aromatic carbocycles. The molecule has 0 aliphatic heterocycles. The average Bonchev–Trinajstić information content (AvgIpc) is 3.07. The molecule has 27 heavy (non-hydrogen) atoms. The van der Waals surface area contributed by atoms with Crippen LogP contribution in [0.1, 0.15) is 5.56 Å². The Bertz CT molecular complexity index is 1170. The minimum Gasteiger partial charge on any atom is -0.316 e. The van der Waals surface area contributed by atoms with Gasteiger partial charge in [0.1, 0.15) is 0 Å². The molecule has 0 fully saturated rings. The summed E-state index contributed by atoms with van der Waals surface area (Å²) in [6.45, 7) is 0.485. The van der Waals surface area contributed by atoms with Crippen LogP contribution in [0.3, 0.4) is 0 Å². The van der Waals surface area contributed by atoms with E-state index in [0.29, 0.717) is 17.8 Å². The summed E-state index contributed by atoms with van der Waals surface area (Å²) in [5, 5.41) is 2.99. The van der Waals surface area contributed by atoms with E-state index in [4.69, 9.17) is 0 Å². The Morgan fingerprint density at radius 2 is 1.78 bits per heavy atom. The summed E-state index contributed by atoms with van der Waals surface area (Å²) < 4.78 is 51.3. The number of sulfone groups is 1. The normalized spacial score (nSPS) is 12.2. The lowest BCUT2D eigenvalue weighted by Crippen LogP contribution is -2.14. The Balaban J connectivity index is 2.20. The first-order valence-corrected chi connectivity index (χ1v) is 11.4. The quantitative estimate of drug-likeness (QED) is 0.673. The van der Waals surface area contributed by atoms with Crippen LogP contribution in [0.4, 0.5) is 0 Å². The van der Waals surface area contributed by atoms with Crippen molar-refractivity contribution in [3.63, 3.8) is 0 Å². The summed E-state index contributed by atoms with van der Waals surface area (Å²) in [6, 6.07) is 10.6. The first-order chi connectivity index (χ1) is 12.7. The molecule has 0 spiro atoms. The fourth-order valence-electron chi connectivity index (χ4n) is 2.70. The highest BCUT2D eigenvalue weighted by Crippen LogP contribution is 2.27. The molecule has 0 saturated heterocycles. The van der Waals surface area contributed by atoms with Crippen molar-refractivity contribution < 1.29 is 16.8 Å². The van der Waals surface area contributed by atoms with Gasteiger partial charge >= 0.3 is 0 Å². The number of nitrogens with zero attached hydrogens (tertiary/aromatic N) is 2. The Morgan fingerprint density at radius 3 is 2.41 bits per heavy atom. The van der Waals surface area contributed by atoms with E-state index in [2.05, 4.69) is 10.3 Å². The van der Waals surface area contributed by atoms with Gasteiger partial charge < -0.3 is 5.32 Å². The first kappa shape index (κ1) is 19.3. The highest BCUT2D eigenvalue weighted by atomic mass is 32.2. The molecular weight excluding hydrogens is 386 g/mol. The fraction of sp³-hybridized carbons (Fsp3) is 0.167. The van der Waals surface area contributed by atoms with E-state index in [-0.39, 0.29) is 9.79 Å². The van der Waals surface area contributed by atoms with Crippen LogP contribution in [0.25, 0.3) is 11.3 Å². The summed E-state index contributed by atoms with van der Waals surface area (Å²) in [5.74, 6) is 0. The van der Waals surface area contributed by atoms with Gasteiger partial charge in [0.15, 0.2) is 9.84 Å². The summed E-state index contributed by atoms with van der Waals surface area (Å²) in [4.78, 5) is 3.91. The monoisotopic (exact) mass is 405 g/mol. The molecule has 0 radical (unpaired) electrons. The van der Waals surface area contributed by atoms with Crippen molar-refractivity contribution in [1.29, 1.82) is 0 Å². The summed E-state index contributed by atoms with van der Waals surface area (Å²) >= 11 is 0. The van der Waals surface area contributed by atoms with E-state index in [1.54, 1.807) is 37.6 Å². The highest BCUT2D eigenvalue weighted by Gasteiger charge is 2.23. The molecule has 3 rings (SSSR count). The largest absolute Gasteiger partial charge is 0.316 e. The molecule has 0 unspecified atom stereocenters. The summed E-state index contributed by atoms with van der Waals surface area (Å²) in [5.41, 5.74) is 1.88. The summed E-state index contributed by atoms with van der Waals surface area (Å²) in [6.07, 6.45) is 5.76. The lowest BCUT2D eigenvalue weighted by molar-refractivity contribution is 0.587. The molecule has 0 aliphatic rings. The minimum atomic E-state index is -4.00. The molecule has 0 aliphatic carbocycles. The zero-order chi connectivity index (χ0) is 19.7. The molecule has 0 saturated carbocycles. The van der Waals surface area contributed by atoms with Gasteiger partial charge in [-0.25, -0.2) is 20.8 Å². The van der Waals surface area contributed by atoms with E-state index >= 15 is 0 Å². The van der Waals surface area contributed by atoms with E-state index < -0.39 is 19.9 Å². The van der Waals surface area contributed by atoms with Crippen molar-refractivity contribution in [2.45, 2.75) is 16.3 Å². The van der Waals surface area contributed by atoms with Crippen LogP contribution in [-0.2, 0) is 26.4 Å². The number of aromatic nitrogens is 2. The molecule has 7 nitrogen and oxygen atoms in total. The third-order valence-corrected chi connectivity index (χ3v) is 6.75. The molecule has 0 atom stereocenters. The lowest BCUT2D eigenvalue weighted by Gasteiger charge is -2.11. The maximum Gasteiger partial charge on any atom is 0.268 e. The van der Waals surface area contributed by atoms with Gasteiger partial charge in [-0.1, -0.05) is 6.07 Å². The van der Waals surface area contributed by atoms with Gasteiger partial charge in [0.25, 0.3) is 10.0 Å². The molecule has 1 N–H and O–H groups in total. The van der Waals surface area contributed by atoms with Crippen LogP contribution in [0.15, 0.2) is 70.8 Å². The second-order valence-corrected chi connectivity index (χ2v) is 9.88. The molecule has 3 aromatic rings. The Kier molecular flexibility index (Phi) is 5.18. The van der Waals surface area contributed by atoms with Gasteiger partial charge in [0.2, 0.25) is 0 Å². The minimum absolute atomic E-state index is 0.0471. The standard InChI is InChI=1S/C18H19N3O4S2/c1-19-11-14-9-18(15-5-4-8-20-12-15)21(13-14)27(24,25)17-7-3-6-16(10-17)26(2,22)23/h3-10,12-13,19H,11H2,1-2H3. The zero-order valence-electron chi connectivity index (χ0n) is 14.8. The number of rotatable bonds is 6. The molecular formula is C18H19N3O4S2. The topological polar surface area (TPSA) is 98.1 Å². The van der Waals surface area contributed by atoms with E-state index in [0.717, 1.165) is 15.8 Å². The molecule has 0 bridgehead atoms. The number of hydrogen-bond acceptors (Lipinski definition) is 6. The SMILES string of the molecule is CNCc1cc(-c2cccnc2)n(S(=O)(=O)c2cccc(S(C)(=O)=O)c2)c1. The third-order valence-electron chi connectivity index (χ3n) is 3.97. The second kappa shape index (κ2) is 7.26. The number of hydrogen-bond donors (Lipinski definition) is 1. The Morgan fingerprint density at radius 1 is 1.04 bits per heavy atom. The predicted octanol–water partition coefficient (Wildman–Crippen LogP) is 1.91. The highest BCUT2D eigenvalue weighted by molar-refractivity contribution is 7.91. The van der Waals surface area contributed by atoms with E-state index in [1.165, 1.54) is 30.5 Å². The van der Waals surface area contributed by atoms with Crippen LogP contribution in [0, 0.1) is 0 Å².